The largest absolute Gasteiger partial charge is 0.368 e. The van der Waals surface area contributed by atoms with E-state index in [0.717, 1.165) is 31.7 Å². The average molecular weight is 328 g/mol. The van der Waals surface area contributed by atoms with Crippen LogP contribution in [0.25, 0.3) is 9.75 Å². The van der Waals surface area contributed by atoms with Gasteiger partial charge in [-0.1, -0.05) is 6.07 Å². The number of nitrogens with two attached hydrogens (primary N) is 1. The molecule has 3 aromatic heterocycles. The van der Waals surface area contributed by atoms with Crippen molar-refractivity contribution in [3.05, 3.63) is 52.0 Å². The molecule has 6 heteroatoms. The molecule has 0 fully saturated rings. The second-order valence-corrected chi connectivity index (χ2v) is 7.52. The van der Waals surface area contributed by atoms with E-state index in [-0.39, 0.29) is 0 Å². The minimum Gasteiger partial charge on any atom is -0.368 e. The molecule has 0 amide bonds. The number of hydrogen-bond acceptors (Lipinski definition) is 6. The monoisotopic (exact) mass is 328 g/mol. The number of anilines is 1. The van der Waals surface area contributed by atoms with Crippen LogP contribution >= 0.6 is 22.7 Å². The normalized spacial score (nSPS) is 14.9. The van der Waals surface area contributed by atoms with Crippen LogP contribution in [0, 0.1) is 0 Å². The highest BCUT2D eigenvalue weighted by Crippen LogP contribution is 2.32. The van der Waals surface area contributed by atoms with Crippen LogP contribution in [-0.4, -0.2) is 21.4 Å². The first-order chi connectivity index (χ1) is 10.8. The van der Waals surface area contributed by atoms with Crippen LogP contribution in [0.5, 0.6) is 0 Å². The van der Waals surface area contributed by atoms with Crippen molar-refractivity contribution in [2.24, 2.45) is 0 Å². The minimum absolute atomic E-state index is 0.381. The molecule has 0 aliphatic carbocycles. The number of thiophene rings is 2. The summed E-state index contributed by atoms with van der Waals surface area (Å²) in [6.07, 6.45) is 2.82. The highest BCUT2D eigenvalue weighted by molar-refractivity contribution is 7.21. The number of rotatable bonds is 3. The topological polar surface area (TPSA) is 55.0 Å². The zero-order valence-corrected chi connectivity index (χ0v) is 13.7. The van der Waals surface area contributed by atoms with Gasteiger partial charge in [-0.05, 0) is 23.6 Å². The van der Waals surface area contributed by atoms with Gasteiger partial charge in [-0.25, -0.2) is 9.97 Å². The SMILES string of the molecule is Nc1ncc2c(n1)CCN(Cc1ccc(-c3cccs3)s1)C2. The zero-order chi connectivity index (χ0) is 14.9. The van der Waals surface area contributed by atoms with E-state index in [1.165, 1.54) is 20.2 Å². The van der Waals surface area contributed by atoms with Crippen molar-refractivity contribution >= 4 is 28.6 Å². The third-order valence-corrected chi connectivity index (χ3v) is 5.97. The van der Waals surface area contributed by atoms with Crippen LogP contribution in [-0.2, 0) is 19.5 Å². The number of hydrogen-bond donors (Lipinski definition) is 1. The van der Waals surface area contributed by atoms with Gasteiger partial charge in [0.2, 0.25) is 5.95 Å². The molecular formula is C16H16N4S2. The summed E-state index contributed by atoms with van der Waals surface area (Å²) >= 11 is 3.68. The number of aromatic nitrogens is 2. The number of nitrogen functional groups attached to an aromatic ring is 1. The van der Waals surface area contributed by atoms with Crippen LogP contribution in [0.4, 0.5) is 5.95 Å². The van der Waals surface area contributed by atoms with E-state index < -0.39 is 0 Å². The van der Waals surface area contributed by atoms with E-state index >= 15 is 0 Å². The Morgan fingerprint density at radius 3 is 3.05 bits per heavy atom. The first kappa shape index (κ1) is 13.9. The van der Waals surface area contributed by atoms with E-state index in [1.54, 1.807) is 11.3 Å². The predicted molar refractivity (Wildman–Crippen MR) is 91.9 cm³/mol. The maximum absolute atomic E-state index is 5.66. The fourth-order valence-corrected chi connectivity index (χ4v) is 4.64. The molecule has 0 aromatic carbocycles. The lowest BCUT2D eigenvalue weighted by molar-refractivity contribution is 0.245. The fourth-order valence-electron chi connectivity index (χ4n) is 2.76. The predicted octanol–water partition coefficient (Wildman–Crippen LogP) is 3.41. The molecule has 0 unspecified atom stereocenters. The highest BCUT2D eigenvalue weighted by Gasteiger charge is 2.18. The lowest BCUT2D eigenvalue weighted by Crippen LogP contribution is -2.30. The average Bonchev–Trinajstić information content (AvgIpc) is 3.18. The fraction of sp³-hybridized carbons (Fsp3) is 0.250. The maximum Gasteiger partial charge on any atom is 0.220 e. The summed E-state index contributed by atoms with van der Waals surface area (Å²) in [5.41, 5.74) is 7.97. The summed E-state index contributed by atoms with van der Waals surface area (Å²) in [6.45, 7) is 2.91. The van der Waals surface area contributed by atoms with Crippen LogP contribution in [0.15, 0.2) is 35.8 Å². The van der Waals surface area contributed by atoms with E-state index in [0.29, 0.717) is 5.95 Å². The lowest BCUT2D eigenvalue weighted by Gasteiger charge is -2.27. The zero-order valence-electron chi connectivity index (χ0n) is 12.0. The third kappa shape index (κ3) is 2.77. The summed E-state index contributed by atoms with van der Waals surface area (Å²) in [6, 6.07) is 8.76. The molecule has 4 heterocycles. The molecule has 0 atom stereocenters. The minimum atomic E-state index is 0.381. The third-order valence-electron chi connectivity index (χ3n) is 3.84. The Bertz CT molecular complexity index is 779. The molecule has 22 heavy (non-hydrogen) atoms. The molecule has 2 N–H and O–H groups in total. The van der Waals surface area contributed by atoms with Crippen molar-refractivity contribution in [1.82, 2.24) is 14.9 Å². The Hall–Kier alpha value is -1.76. The molecule has 4 rings (SSSR count). The summed E-state index contributed by atoms with van der Waals surface area (Å²) in [5.74, 6) is 0.381. The molecule has 4 nitrogen and oxygen atoms in total. The van der Waals surface area contributed by atoms with Crippen LogP contribution in [0.1, 0.15) is 16.1 Å². The molecule has 0 bridgehead atoms. The van der Waals surface area contributed by atoms with Crippen molar-refractivity contribution in [2.75, 3.05) is 12.3 Å². The summed E-state index contributed by atoms with van der Waals surface area (Å²) in [7, 11) is 0. The van der Waals surface area contributed by atoms with Gasteiger partial charge in [0, 0.05) is 52.4 Å². The van der Waals surface area contributed by atoms with E-state index in [1.807, 2.05) is 17.5 Å². The number of nitrogens with zero attached hydrogens (tertiary/aromatic N) is 3. The van der Waals surface area contributed by atoms with Crippen LogP contribution in [0.3, 0.4) is 0 Å². The van der Waals surface area contributed by atoms with Crippen molar-refractivity contribution in [2.45, 2.75) is 19.5 Å². The smallest absolute Gasteiger partial charge is 0.220 e. The van der Waals surface area contributed by atoms with Gasteiger partial charge in [-0.15, -0.1) is 22.7 Å². The lowest BCUT2D eigenvalue weighted by atomic mass is 10.1. The van der Waals surface area contributed by atoms with Crippen LogP contribution in [0.2, 0.25) is 0 Å². The first-order valence-electron chi connectivity index (χ1n) is 7.23. The van der Waals surface area contributed by atoms with Gasteiger partial charge < -0.3 is 5.73 Å². The molecule has 0 saturated carbocycles. The van der Waals surface area contributed by atoms with Crippen molar-refractivity contribution < 1.29 is 0 Å². The molecule has 1 aliphatic heterocycles. The Kier molecular flexibility index (Phi) is 3.65. The highest BCUT2D eigenvalue weighted by atomic mass is 32.1. The summed E-state index contributed by atoms with van der Waals surface area (Å²) in [4.78, 5) is 15.0. The molecular weight excluding hydrogens is 312 g/mol. The Morgan fingerprint density at radius 2 is 2.18 bits per heavy atom. The first-order valence-corrected chi connectivity index (χ1v) is 8.93. The van der Waals surface area contributed by atoms with Crippen LogP contribution < -0.4 is 5.73 Å². The van der Waals surface area contributed by atoms with Crippen molar-refractivity contribution in [3.8, 4) is 9.75 Å². The molecule has 0 saturated heterocycles. The van der Waals surface area contributed by atoms with Gasteiger partial charge in [0.05, 0.1) is 5.69 Å². The molecule has 1 aliphatic rings. The Labute approximate surface area is 137 Å². The maximum atomic E-state index is 5.66. The van der Waals surface area contributed by atoms with Crippen molar-refractivity contribution in [3.63, 3.8) is 0 Å². The molecule has 0 radical (unpaired) electrons. The Morgan fingerprint density at radius 1 is 1.23 bits per heavy atom. The Balaban J connectivity index is 1.47. The van der Waals surface area contributed by atoms with Gasteiger partial charge in [0.15, 0.2) is 0 Å². The van der Waals surface area contributed by atoms with Crippen molar-refractivity contribution in [1.29, 1.82) is 0 Å². The van der Waals surface area contributed by atoms with Gasteiger partial charge in [0.1, 0.15) is 0 Å². The van der Waals surface area contributed by atoms with E-state index in [2.05, 4.69) is 44.5 Å². The summed E-state index contributed by atoms with van der Waals surface area (Å²) in [5, 5.41) is 2.13. The quantitative estimate of drug-likeness (QED) is 0.800. The van der Waals surface area contributed by atoms with E-state index in [9.17, 15) is 0 Å². The van der Waals surface area contributed by atoms with Gasteiger partial charge in [0.25, 0.3) is 0 Å². The second-order valence-electron chi connectivity index (χ2n) is 5.40. The molecule has 3 aromatic rings. The molecule has 0 spiro atoms. The molecule has 112 valence electrons. The van der Waals surface area contributed by atoms with Gasteiger partial charge in [-0.3, -0.25) is 4.90 Å². The summed E-state index contributed by atoms with van der Waals surface area (Å²) < 4.78 is 0. The number of fused-ring (bicyclic) bond motifs is 1. The standard InChI is InChI=1S/C16H16N4S2/c17-16-18-8-11-9-20(6-5-13(11)19-16)10-12-3-4-15(22-12)14-2-1-7-21-14/h1-4,7-8H,5-6,9-10H2,(H2,17,18,19). The van der Waals surface area contributed by atoms with Gasteiger partial charge in [-0.2, -0.15) is 0 Å². The van der Waals surface area contributed by atoms with Gasteiger partial charge >= 0.3 is 0 Å². The second kappa shape index (κ2) is 5.79. The van der Waals surface area contributed by atoms with E-state index in [4.69, 9.17) is 5.73 Å².